The first-order valence-electron chi connectivity index (χ1n) is 8.42. The van der Waals surface area contributed by atoms with Crippen LogP contribution >= 0.6 is 0 Å². The highest BCUT2D eigenvalue weighted by Gasteiger charge is 2.26. The fraction of sp³-hybridized carbons (Fsp3) is 0.158. The van der Waals surface area contributed by atoms with E-state index in [4.69, 9.17) is 11.5 Å². The van der Waals surface area contributed by atoms with E-state index in [2.05, 4.69) is 20.3 Å². The number of hydrogen-bond acceptors (Lipinski definition) is 7. The summed E-state index contributed by atoms with van der Waals surface area (Å²) >= 11 is 0. The topological polar surface area (TPSA) is 153 Å². The van der Waals surface area contributed by atoms with Gasteiger partial charge in [-0.25, -0.2) is 9.98 Å². The number of aliphatic imine (C=N–C) groups is 1. The molecule has 28 heavy (non-hydrogen) atoms. The van der Waals surface area contributed by atoms with Crippen molar-refractivity contribution in [2.45, 2.75) is 18.9 Å². The smallest absolute Gasteiger partial charge is 0.287 e. The van der Waals surface area contributed by atoms with Crippen LogP contribution in [0.25, 0.3) is 0 Å². The molecule has 1 atom stereocenters. The number of rotatable bonds is 9. The number of aryl methyl sites for hydroxylation is 1. The summed E-state index contributed by atoms with van der Waals surface area (Å²) in [5.41, 5.74) is 11.3. The second-order valence-corrected chi connectivity index (χ2v) is 5.70. The van der Waals surface area contributed by atoms with E-state index in [0.717, 1.165) is 11.8 Å². The van der Waals surface area contributed by atoms with Crippen LogP contribution in [0.1, 0.15) is 12.0 Å². The van der Waals surface area contributed by atoms with Crippen LogP contribution in [0, 0.1) is 0 Å². The first kappa shape index (κ1) is 20.4. The van der Waals surface area contributed by atoms with Gasteiger partial charge in [-0.2, -0.15) is 0 Å². The van der Waals surface area contributed by atoms with Crippen molar-refractivity contribution in [1.82, 2.24) is 15.3 Å². The number of primary amides is 1. The molecule has 2 rings (SSSR count). The number of nitrogens with one attached hydrogen (secondary N) is 1. The zero-order chi connectivity index (χ0) is 20.4. The van der Waals surface area contributed by atoms with E-state index in [1.807, 2.05) is 6.07 Å². The lowest BCUT2D eigenvalue weighted by molar-refractivity contribution is -0.138. The Hall–Kier alpha value is -3.88. The van der Waals surface area contributed by atoms with Crippen molar-refractivity contribution in [2.24, 2.45) is 16.5 Å². The second kappa shape index (κ2) is 10.3. The van der Waals surface area contributed by atoms with Gasteiger partial charge in [-0.1, -0.05) is 12.1 Å². The van der Waals surface area contributed by atoms with Crippen molar-refractivity contribution in [3.8, 4) is 0 Å². The molecule has 0 aliphatic heterocycles. The number of carbonyl (C=O) groups is 3. The van der Waals surface area contributed by atoms with Crippen LogP contribution in [0.5, 0.6) is 0 Å². The number of Topliss-reactive ketones (excluding diaryl/α,β-unsaturated/α-hetero) is 1. The third kappa shape index (κ3) is 6.13. The van der Waals surface area contributed by atoms with Gasteiger partial charge in [0.1, 0.15) is 5.71 Å². The summed E-state index contributed by atoms with van der Waals surface area (Å²) in [7, 11) is 0. The zero-order valence-electron chi connectivity index (χ0n) is 15.0. The van der Waals surface area contributed by atoms with Crippen LogP contribution in [0.15, 0.2) is 66.2 Å². The molecular weight excluding hydrogens is 360 g/mol. The Labute approximate surface area is 161 Å². The maximum Gasteiger partial charge on any atom is 0.287 e. The lowest BCUT2D eigenvalue weighted by atomic mass is 10.0. The number of carbonyl (C=O) groups excluding carboxylic acids is 3. The SMILES string of the molecule is N/C=C\C(=N\c1ccccn1)C(=O)NC(CCc1cccnc1)C(=O)C(N)=O. The molecule has 0 saturated heterocycles. The molecule has 0 fully saturated rings. The number of hydrogen-bond donors (Lipinski definition) is 3. The first-order chi connectivity index (χ1) is 13.5. The van der Waals surface area contributed by atoms with Crippen molar-refractivity contribution in [3.63, 3.8) is 0 Å². The Morgan fingerprint density at radius 3 is 2.61 bits per heavy atom. The van der Waals surface area contributed by atoms with Gasteiger partial charge in [-0.15, -0.1) is 0 Å². The van der Waals surface area contributed by atoms with Crippen molar-refractivity contribution >= 4 is 29.1 Å². The highest BCUT2D eigenvalue weighted by molar-refractivity contribution is 6.45. The Balaban J connectivity index is 2.18. The summed E-state index contributed by atoms with van der Waals surface area (Å²) in [6, 6.07) is 7.49. The highest BCUT2D eigenvalue weighted by atomic mass is 16.2. The predicted molar refractivity (Wildman–Crippen MR) is 103 cm³/mol. The van der Waals surface area contributed by atoms with E-state index in [1.54, 1.807) is 36.7 Å². The summed E-state index contributed by atoms with van der Waals surface area (Å²) < 4.78 is 0. The summed E-state index contributed by atoms with van der Waals surface area (Å²) in [6.45, 7) is 0. The van der Waals surface area contributed by atoms with E-state index in [9.17, 15) is 14.4 Å². The molecule has 0 saturated carbocycles. The van der Waals surface area contributed by atoms with E-state index in [-0.39, 0.29) is 12.1 Å². The zero-order valence-corrected chi connectivity index (χ0v) is 15.0. The minimum absolute atomic E-state index is 0.0650. The van der Waals surface area contributed by atoms with Crippen molar-refractivity contribution < 1.29 is 14.4 Å². The average Bonchev–Trinajstić information content (AvgIpc) is 2.71. The fourth-order valence-corrected chi connectivity index (χ4v) is 2.33. The number of nitrogens with two attached hydrogens (primary N) is 2. The van der Waals surface area contributed by atoms with Gasteiger partial charge in [0.05, 0.1) is 6.04 Å². The van der Waals surface area contributed by atoms with Crippen LogP contribution < -0.4 is 16.8 Å². The normalized spacial score (nSPS) is 12.5. The monoisotopic (exact) mass is 380 g/mol. The molecule has 9 nitrogen and oxygen atoms in total. The van der Waals surface area contributed by atoms with Crippen LogP contribution in [-0.4, -0.2) is 39.3 Å². The molecule has 1 unspecified atom stereocenters. The van der Waals surface area contributed by atoms with E-state index in [1.165, 1.54) is 12.3 Å². The van der Waals surface area contributed by atoms with Gasteiger partial charge in [0, 0.05) is 18.6 Å². The second-order valence-electron chi connectivity index (χ2n) is 5.70. The van der Waals surface area contributed by atoms with Crippen molar-refractivity contribution in [2.75, 3.05) is 0 Å². The quantitative estimate of drug-likeness (QED) is 0.417. The fourth-order valence-electron chi connectivity index (χ4n) is 2.33. The predicted octanol–water partition coefficient (Wildman–Crippen LogP) is 0.194. The van der Waals surface area contributed by atoms with Crippen LogP contribution in [0.3, 0.4) is 0 Å². The number of pyridine rings is 2. The average molecular weight is 380 g/mol. The molecule has 2 aromatic rings. The van der Waals surface area contributed by atoms with E-state index < -0.39 is 23.6 Å². The molecular formula is C19H20N6O3. The van der Waals surface area contributed by atoms with E-state index in [0.29, 0.717) is 12.2 Å². The molecule has 0 aliphatic carbocycles. The maximum absolute atomic E-state index is 12.6. The Kier molecular flexibility index (Phi) is 7.53. The number of aromatic nitrogens is 2. The summed E-state index contributed by atoms with van der Waals surface area (Å²) in [6.07, 6.45) is 7.78. The number of amides is 2. The molecule has 0 bridgehead atoms. The Morgan fingerprint density at radius 2 is 2.00 bits per heavy atom. The minimum Gasteiger partial charge on any atom is -0.405 e. The number of ketones is 1. The van der Waals surface area contributed by atoms with Crippen molar-refractivity contribution in [1.29, 1.82) is 0 Å². The molecule has 0 aliphatic rings. The lowest BCUT2D eigenvalue weighted by Gasteiger charge is -2.16. The molecule has 2 aromatic heterocycles. The molecule has 2 heterocycles. The largest absolute Gasteiger partial charge is 0.405 e. The first-order valence-corrected chi connectivity index (χ1v) is 8.42. The highest BCUT2D eigenvalue weighted by Crippen LogP contribution is 2.08. The molecule has 0 aromatic carbocycles. The maximum atomic E-state index is 12.6. The third-order valence-electron chi connectivity index (χ3n) is 3.68. The van der Waals surface area contributed by atoms with Gasteiger partial charge in [0.15, 0.2) is 5.82 Å². The molecule has 144 valence electrons. The molecule has 0 spiro atoms. The lowest BCUT2D eigenvalue weighted by Crippen LogP contribution is -2.48. The summed E-state index contributed by atoms with van der Waals surface area (Å²) in [5.74, 6) is -2.42. The van der Waals surface area contributed by atoms with Crippen LogP contribution in [0.2, 0.25) is 0 Å². The Bertz CT molecular complexity index is 881. The van der Waals surface area contributed by atoms with Gasteiger partial charge >= 0.3 is 0 Å². The number of nitrogens with zero attached hydrogens (tertiary/aromatic N) is 3. The van der Waals surface area contributed by atoms with Crippen LogP contribution in [0.4, 0.5) is 5.82 Å². The van der Waals surface area contributed by atoms with Crippen molar-refractivity contribution in [3.05, 3.63) is 66.8 Å². The van der Waals surface area contributed by atoms with Crippen LogP contribution in [-0.2, 0) is 20.8 Å². The van der Waals surface area contributed by atoms with Gasteiger partial charge in [0.2, 0.25) is 5.78 Å². The van der Waals surface area contributed by atoms with Gasteiger partial charge in [0.25, 0.3) is 11.8 Å². The van der Waals surface area contributed by atoms with E-state index >= 15 is 0 Å². The molecule has 2 amide bonds. The van der Waals surface area contributed by atoms with Gasteiger partial charge in [-0.3, -0.25) is 19.4 Å². The van der Waals surface area contributed by atoms with Gasteiger partial charge in [-0.05, 0) is 48.9 Å². The standard InChI is InChI=1S/C19H20N6O3/c20-9-8-15(24-16-5-1-2-11-23-16)19(28)25-14(17(26)18(21)27)7-6-13-4-3-10-22-12-13/h1-5,8-12,14H,6-7,20H2,(H2,21,27)(H,25,28)/b9-8-,24-15-. The summed E-state index contributed by atoms with van der Waals surface area (Å²) in [5, 5.41) is 2.50. The molecule has 9 heteroatoms. The third-order valence-corrected chi connectivity index (χ3v) is 3.68. The Morgan fingerprint density at radius 1 is 1.18 bits per heavy atom. The molecule has 0 radical (unpaired) electrons. The molecule has 5 N–H and O–H groups in total. The summed E-state index contributed by atoms with van der Waals surface area (Å²) in [4.78, 5) is 48.2. The minimum atomic E-state index is -1.13. The van der Waals surface area contributed by atoms with Gasteiger partial charge < -0.3 is 16.8 Å².